The molecule has 2 aromatic heterocycles. The molecule has 0 aliphatic heterocycles. The molecule has 5 nitrogen and oxygen atoms in total. The van der Waals surface area contributed by atoms with Crippen LogP contribution in [0.25, 0.3) is 0 Å². The summed E-state index contributed by atoms with van der Waals surface area (Å²) < 4.78 is 5.15. The van der Waals surface area contributed by atoms with E-state index in [4.69, 9.17) is 4.42 Å². The first-order chi connectivity index (χ1) is 11.0. The van der Waals surface area contributed by atoms with Gasteiger partial charge in [-0.3, -0.25) is 0 Å². The van der Waals surface area contributed by atoms with Gasteiger partial charge in [0, 0.05) is 23.9 Å². The van der Waals surface area contributed by atoms with E-state index in [-0.39, 0.29) is 12.1 Å². The topological polar surface area (TPSA) is 74.5 Å². The molecule has 0 spiro atoms. The van der Waals surface area contributed by atoms with Crippen molar-refractivity contribution in [3.63, 3.8) is 0 Å². The smallest absolute Gasteiger partial charge is 0.315 e. The zero-order valence-electron chi connectivity index (χ0n) is 13.5. The van der Waals surface area contributed by atoms with Crippen LogP contribution in [0.3, 0.4) is 0 Å². The fourth-order valence-corrected chi connectivity index (χ4v) is 3.25. The molecule has 23 heavy (non-hydrogen) atoms. The third-order valence-electron chi connectivity index (χ3n) is 3.57. The normalized spacial score (nSPS) is 14.9. The monoisotopic (exact) mass is 336 g/mol. The Balaban J connectivity index is 1.65. The summed E-state index contributed by atoms with van der Waals surface area (Å²) in [4.78, 5) is 13.2. The van der Waals surface area contributed by atoms with Gasteiger partial charge < -0.3 is 20.2 Å². The van der Waals surface area contributed by atoms with Crippen LogP contribution < -0.4 is 10.6 Å². The number of carbonyl (C=O) groups is 1. The molecular formula is C17H24N2O3S. The summed E-state index contributed by atoms with van der Waals surface area (Å²) in [5.74, 6) is 0.895. The van der Waals surface area contributed by atoms with Crippen LogP contribution in [0.15, 0.2) is 40.3 Å². The van der Waals surface area contributed by atoms with E-state index in [1.54, 1.807) is 23.5 Å². The maximum atomic E-state index is 11.9. The molecule has 3 N–H and O–H groups in total. The lowest BCUT2D eigenvalue weighted by Crippen LogP contribution is -2.42. The number of thiophene rings is 1. The molecule has 0 radical (unpaired) electrons. The van der Waals surface area contributed by atoms with Crippen LogP contribution in [-0.4, -0.2) is 23.7 Å². The number of rotatable bonds is 8. The average Bonchev–Trinajstić information content (AvgIpc) is 3.18. The van der Waals surface area contributed by atoms with Crippen molar-refractivity contribution >= 4 is 17.4 Å². The van der Waals surface area contributed by atoms with Crippen LogP contribution in [-0.2, 0) is 6.42 Å². The molecule has 3 unspecified atom stereocenters. The maximum absolute atomic E-state index is 11.9. The lowest BCUT2D eigenvalue weighted by molar-refractivity contribution is 0.129. The van der Waals surface area contributed by atoms with Crippen LogP contribution >= 0.6 is 11.3 Å². The summed E-state index contributed by atoms with van der Waals surface area (Å²) in [6.07, 6.45) is 2.19. The van der Waals surface area contributed by atoms with Gasteiger partial charge in [-0.05, 0) is 42.8 Å². The van der Waals surface area contributed by atoms with Crippen molar-refractivity contribution in [2.45, 2.75) is 38.8 Å². The molecule has 0 saturated carbocycles. The second kappa shape index (κ2) is 8.74. The molecule has 2 heterocycles. The maximum Gasteiger partial charge on any atom is 0.315 e. The molecule has 0 aliphatic rings. The first kappa shape index (κ1) is 17.6. The number of carbonyl (C=O) groups excluding carboxylic acids is 1. The predicted molar refractivity (Wildman–Crippen MR) is 91.5 cm³/mol. The molecule has 2 amide bonds. The SMILES string of the molecule is CC(CNC(=O)NC(C)CC(O)c1ccco1)Cc1cccs1. The molecule has 6 heteroatoms. The number of hydrogen-bond donors (Lipinski definition) is 3. The van der Waals surface area contributed by atoms with Crippen molar-refractivity contribution in [1.82, 2.24) is 10.6 Å². The molecule has 2 aromatic rings. The largest absolute Gasteiger partial charge is 0.467 e. The van der Waals surface area contributed by atoms with E-state index in [2.05, 4.69) is 29.0 Å². The van der Waals surface area contributed by atoms with E-state index in [1.807, 2.05) is 13.0 Å². The van der Waals surface area contributed by atoms with Crippen LogP contribution in [0.2, 0.25) is 0 Å². The van der Waals surface area contributed by atoms with Gasteiger partial charge in [-0.1, -0.05) is 13.0 Å². The van der Waals surface area contributed by atoms with Gasteiger partial charge in [-0.2, -0.15) is 0 Å². The van der Waals surface area contributed by atoms with Crippen molar-refractivity contribution in [1.29, 1.82) is 0 Å². The summed E-state index contributed by atoms with van der Waals surface area (Å²) in [6, 6.07) is 7.25. The number of aliphatic hydroxyl groups excluding tert-OH is 1. The highest BCUT2D eigenvalue weighted by Gasteiger charge is 2.16. The molecule has 2 rings (SSSR count). The van der Waals surface area contributed by atoms with Crippen LogP contribution in [0, 0.1) is 5.92 Å². The molecular weight excluding hydrogens is 312 g/mol. The Kier molecular flexibility index (Phi) is 6.67. The van der Waals surface area contributed by atoms with Crippen molar-refractivity contribution in [2.24, 2.45) is 5.92 Å². The quantitative estimate of drug-likeness (QED) is 0.692. The number of aliphatic hydroxyl groups is 1. The van der Waals surface area contributed by atoms with Gasteiger partial charge in [0.25, 0.3) is 0 Å². The number of hydrogen-bond acceptors (Lipinski definition) is 4. The Hall–Kier alpha value is -1.79. The van der Waals surface area contributed by atoms with E-state index < -0.39 is 6.10 Å². The zero-order chi connectivity index (χ0) is 16.7. The Morgan fingerprint density at radius 2 is 2.17 bits per heavy atom. The highest BCUT2D eigenvalue weighted by molar-refractivity contribution is 7.09. The van der Waals surface area contributed by atoms with E-state index in [0.29, 0.717) is 24.6 Å². The fourth-order valence-electron chi connectivity index (χ4n) is 2.38. The summed E-state index contributed by atoms with van der Waals surface area (Å²) in [6.45, 7) is 4.60. The number of furan rings is 1. The fraction of sp³-hybridized carbons (Fsp3) is 0.471. The van der Waals surface area contributed by atoms with E-state index in [1.165, 1.54) is 11.1 Å². The Bertz CT molecular complexity index is 569. The molecule has 0 saturated heterocycles. The summed E-state index contributed by atoms with van der Waals surface area (Å²) in [5, 5.41) is 17.8. The minimum absolute atomic E-state index is 0.150. The summed E-state index contributed by atoms with van der Waals surface area (Å²) >= 11 is 1.74. The molecule has 0 fully saturated rings. The molecule has 3 atom stereocenters. The predicted octanol–water partition coefficient (Wildman–Crippen LogP) is 3.33. The second-order valence-electron chi connectivity index (χ2n) is 5.91. The molecule has 0 aliphatic carbocycles. The third-order valence-corrected chi connectivity index (χ3v) is 4.47. The van der Waals surface area contributed by atoms with Crippen molar-refractivity contribution < 1.29 is 14.3 Å². The zero-order valence-corrected chi connectivity index (χ0v) is 14.3. The lowest BCUT2D eigenvalue weighted by Gasteiger charge is -2.18. The highest BCUT2D eigenvalue weighted by Crippen LogP contribution is 2.18. The van der Waals surface area contributed by atoms with Crippen molar-refractivity contribution in [2.75, 3.05) is 6.54 Å². The minimum Gasteiger partial charge on any atom is -0.467 e. The van der Waals surface area contributed by atoms with E-state index in [0.717, 1.165) is 6.42 Å². The summed E-state index contributed by atoms with van der Waals surface area (Å²) in [7, 11) is 0. The van der Waals surface area contributed by atoms with Crippen LogP contribution in [0.1, 0.15) is 37.0 Å². The van der Waals surface area contributed by atoms with Gasteiger partial charge >= 0.3 is 6.03 Å². The lowest BCUT2D eigenvalue weighted by atomic mass is 10.1. The number of amides is 2. The van der Waals surface area contributed by atoms with Gasteiger partial charge in [0.05, 0.1) is 6.26 Å². The Morgan fingerprint density at radius 3 is 2.83 bits per heavy atom. The third kappa shape index (κ3) is 6.08. The second-order valence-corrected chi connectivity index (χ2v) is 6.94. The van der Waals surface area contributed by atoms with Crippen LogP contribution in [0.5, 0.6) is 0 Å². The van der Waals surface area contributed by atoms with Gasteiger partial charge in [-0.25, -0.2) is 4.79 Å². The van der Waals surface area contributed by atoms with Gasteiger partial charge in [0.2, 0.25) is 0 Å². The number of urea groups is 1. The van der Waals surface area contributed by atoms with Gasteiger partial charge in [0.1, 0.15) is 11.9 Å². The van der Waals surface area contributed by atoms with E-state index in [9.17, 15) is 9.90 Å². The first-order valence-corrected chi connectivity index (χ1v) is 8.70. The summed E-state index contributed by atoms with van der Waals surface area (Å²) in [5.41, 5.74) is 0. The Morgan fingerprint density at radius 1 is 1.35 bits per heavy atom. The van der Waals surface area contributed by atoms with E-state index >= 15 is 0 Å². The minimum atomic E-state index is -0.710. The average molecular weight is 336 g/mol. The highest BCUT2D eigenvalue weighted by atomic mass is 32.1. The van der Waals surface area contributed by atoms with Crippen LogP contribution in [0.4, 0.5) is 4.79 Å². The molecule has 0 aromatic carbocycles. The van der Waals surface area contributed by atoms with Gasteiger partial charge in [-0.15, -0.1) is 11.3 Å². The first-order valence-electron chi connectivity index (χ1n) is 7.82. The molecule has 0 bridgehead atoms. The number of nitrogens with one attached hydrogen (secondary N) is 2. The van der Waals surface area contributed by atoms with Gasteiger partial charge in [0.15, 0.2) is 0 Å². The molecule has 126 valence electrons. The Labute approximate surface area is 140 Å². The van der Waals surface area contributed by atoms with Crippen molar-refractivity contribution in [3.05, 3.63) is 46.5 Å². The van der Waals surface area contributed by atoms with Crippen molar-refractivity contribution in [3.8, 4) is 0 Å². The standard InChI is InChI=1S/C17H24N2O3S/c1-12(9-14-5-4-8-23-14)11-18-17(21)19-13(2)10-15(20)16-6-3-7-22-16/h3-8,12-13,15,20H,9-11H2,1-2H3,(H2,18,19,21).